The predicted molar refractivity (Wildman–Crippen MR) is 78.6 cm³/mol. The number of halogens is 5. The molecule has 20 heavy (non-hydrogen) atoms. The van der Waals surface area contributed by atoms with Gasteiger partial charge in [0.25, 0.3) is 0 Å². The highest BCUT2D eigenvalue weighted by Gasteiger charge is 2.17. The average molecular weight is 380 g/mol. The minimum atomic E-state index is -1.09. The lowest BCUT2D eigenvalue weighted by atomic mass is 10.0. The van der Waals surface area contributed by atoms with Gasteiger partial charge in [0.05, 0.1) is 4.47 Å². The molecule has 0 aliphatic heterocycles. The number of ketones is 1. The van der Waals surface area contributed by atoms with Gasteiger partial charge in [0.2, 0.25) is 0 Å². The number of carbonyl (C=O) groups is 1. The standard InChI is InChI=1S/C14H7BrCl2F2O/c15-13-9(3-4-11(18)14(13)19)12(20)5-7-1-2-8(16)6-10(7)17/h1-4,6H,5H2. The monoisotopic (exact) mass is 378 g/mol. The molecule has 0 aliphatic rings. The highest BCUT2D eigenvalue weighted by Crippen LogP contribution is 2.26. The molecule has 2 rings (SSSR count). The fourth-order valence-corrected chi connectivity index (χ4v) is 2.69. The number of hydrogen-bond acceptors (Lipinski definition) is 1. The fourth-order valence-electron chi connectivity index (χ4n) is 1.67. The molecule has 0 aromatic heterocycles. The highest BCUT2D eigenvalue weighted by molar-refractivity contribution is 9.10. The molecule has 0 fully saturated rings. The molecule has 0 heterocycles. The molecule has 0 unspecified atom stereocenters. The molecule has 0 saturated carbocycles. The molecule has 0 bridgehead atoms. The van der Waals surface area contributed by atoms with Crippen LogP contribution in [0.3, 0.4) is 0 Å². The molecule has 0 atom stereocenters. The second-order valence-electron chi connectivity index (χ2n) is 4.06. The first-order valence-electron chi connectivity index (χ1n) is 5.50. The van der Waals surface area contributed by atoms with Crippen molar-refractivity contribution in [3.8, 4) is 0 Å². The van der Waals surface area contributed by atoms with E-state index < -0.39 is 11.6 Å². The summed E-state index contributed by atoms with van der Waals surface area (Å²) in [5.41, 5.74) is 0.632. The third kappa shape index (κ3) is 3.19. The zero-order valence-electron chi connectivity index (χ0n) is 9.89. The van der Waals surface area contributed by atoms with Gasteiger partial charge in [-0.3, -0.25) is 4.79 Å². The van der Waals surface area contributed by atoms with E-state index in [4.69, 9.17) is 23.2 Å². The van der Waals surface area contributed by atoms with Crippen molar-refractivity contribution in [3.05, 3.63) is 67.6 Å². The van der Waals surface area contributed by atoms with Crippen molar-refractivity contribution < 1.29 is 13.6 Å². The lowest BCUT2D eigenvalue weighted by molar-refractivity contribution is 0.0991. The van der Waals surface area contributed by atoms with Gasteiger partial charge in [-0.2, -0.15) is 0 Å². The van der Waals surface area contributed by atoms with Crippen LogP contribution in [0.5, 0.6) is 0 Å². The second-order valence-corrected chi connectivity index (χ2v) is 5.70. The third-order valence-electron chi connectivity index (χ3n) is 2.70. The minimum absolute atomic E-state index is 0.0281. The minimum Gasteiger partial charge on any atom is -0.294 e. The lowest BCUT2D eigenvalue weighted by Crippen LogP contribution is -2.06. The van der Waals surface area contributed by atoms with Gasteiger partial charge in [0.15, 0.2) is 17.4 Å². The summed E-state index contributed by atoms with van der Waals surface area (Å²) >= 11 is 14.6. The van der Waals surface area contributed by atoms with Gasteiger partial charge in [-0.1, -0.05) is 29.3 Å². The molecule has 0 amide bonds. The molecule has 6 heteroatoms. The van der Waals surface area contributed by atoms with Crippen molar-refractivity contribution in [2.45, 2.75) is 6.42 Å². The van der Waals surface area contributed by atoms with Crippen LogP contribution in [0.15, 0.2) is 34.8 Å². The van der Waals surface area contributed by atoms with E-state index >= 15 is 0 Å². The van der Waals surface area contributed by atoms with Crippen molar-refractivity contribution in [3.63, 3.8) is 0 Å². The Bertz CT molecular complexity index is 689. The summed E-state index contributed by atoms with van der Waals surface area (Å²) in [5, 5.41) is 0.810. The topological polar surface area (TPSA) is 17.1 Å². The molecular weight excluding hydrogens is 373 g/mol. The highest BCUT2D eigenvalue weighted by atomic mass is 79.9. The van der Waals surface area contributed by atoms with Crippen molar-refractivity contribution in [1.29, 1.82) is 0 Å². The normalized spacial score (nSPS) is 10.7. The number of carbonyl (C=O) groups excluding carboxylic acids is 1. The Hall–Kier alpha value is -0.970. The molecular formula is C14H7BrCl2F2O. The van der Waals surface area contributed by atoms with Crippen LogP contribution in [0.25, 0.3) is 0 Å². The zero-order chi connectivity index (χ0) is 14.9. The van der Waals surface area contributed by atoms with Crippen LogP contribution in [0, 0.1) is 11.6 Å². The average Bonchev–Trinajstić information content (AvgIpc) is 2.39. The van der Waals surface area contributed by atoms with Crippen LogP contribution >= 0.6 is 39.1 Å². The predicted octanol–water partition coefficient (Wildman–Crippen LogP) is 5.46. The number of Topliss-reactive ketones (excluding diaryl/α,β-unsaturated/α-hetero) is 1. The first-order chi connectivity index (χ1) is 9.40. The molecule has 1 nitrogen and oxygen atoms in total. The van der Waals surface area contributed by atoms with Crippen molar-refractivity contribution in [1.82, 2.24) is 0 Å². The Morgan fingerprint density at radius 1 is 1.15 bits per heavy atom. The Balaban J connectivity index is 2.31. The van der Waals surface area contributed by atoms with Crippen LogP contribution in [0.4, 0.5) is 8.78 Å². The third-order valence-corrected chi connectivity index (χ3v) is 4.06. The van der Waals surface area contributed by atoms with Gasteiger partial charge in [0.1, 0.15) is 0 Å². The summed E-state index contributed by atoms with van der Waals surface area (Å²) in [6.07, 6.45) is -0.0281. The van der Waals surface area contributed by atoms with Gasteiger partial charge in [-0.25, -0.2) is 8.78 Å². The molecule has 0 spiro atoms. The summed E-state index contributed by atoms with van der Waals surface area (Å²) in [5.74, 6) is -2.48. The Morgan fingerprint density at radius 2 is 1.85 bits per heavy atom. The van der Waals surface area contributed by atoms with Crippen LogP contribution in [-0.4, -0.2) is 5.78 Å². The first kappa shape index (κ1) is 15.4. The molecule has 104 valence electrons. The van der Waals surface area contributed by atoms with E-state index in [1.54, 1.807) is 12.1 Å². The Morgan fingerprint density at radius 3 is 2.50 bits per heavy atom. The first-order valence-corrected chi connectivity index (χ1v) is 7.05. The van der Waals surface area contributed by atoms with Gasteiger partial charge in [-0.15, -0.1) is 0 Å². The number of rotatable bonds is 3. The van der Waals surface area contributed by atoms with Crippen molar-refractivity contribution in [2.24, 2.45) is 0 Å². The number of benzene rings is 2. The smallest absolute Gasteiger partial charge is 0.173 e. The van der Waals surface area contributed by atoms with Crippen LogP contribution in [-0.2, 0) is 6.42 Å². The van der Waals surface area contributed by atoms with Gasteiger partial charge >= 0.3 is 0 Å². The maximum atomic E-state index is 13.4. The van der Waals surface area contributed by atoms with E-state index in [9.17, 15) is 13.6 Å². The Kier molecular flexibility index (Phi) is 4.78. The van der Waals surface area contributed by atoms with Crippen molar-refractivity contribution >= 4 is 44.9 Å². The molecule has 2 aromatic carbocycles. The summed E-state index contributed by atoms with van der Waals surface area (Å²) < 4.78 is 26.2. The zero-order valence-corrected chi connectivity index (χ0v) is 13.0. The number of hydrogen-bond donors (Lipinski definition) is 0. The van der Waals surface area contributed by atoms with E-state index in [0.717, 1.165) is 6.07 Å². The second kappa shape index (κ2) is 6.20. The van der Waals surface area contributed by atoms with Crippen LogP contribution in [0.1, 0.15) is 15.9 Å². The van der Waals surface area contributed by atoms with E-state index in [1.165, 1.54) is 12.1 Å². The van der Waals surface area contributed by atoms with E-state index in [0.29, 0.717) is 15.6 Å². The van der Waals surface area contributed by atoms with Gasteiger partial charge in [0, 0.05) is 22.0 Å². The molecule has 0 aliphatic carbocycles. The summed E-state index contributed by atoms with van der Waals surface area (Å²) in [7, 11) is 0. The van der Waals surface area contributed by atoms with Crippen LogP contribution in [0.2, 0.25) is 10.0 Å². The lowest BCUT2D eigenvalue weighted by Gasteiger charge is -2.07. The summed E-state index contributed by atoms with van der Waals surface area (Å²) in [6.45, 7) is 0. The molecule has 0 radical (unpaired) electrons. The van der Waals surface area contributed by atoms with Gasteiger partial charge < -0.3 is 0 Å². The summed E-state index contributed by atoms with van der Waals surface area (Å²) in [4.78, 5) is 12.1. The molecule has 0 saturated heterocycles. The maximum Gasteiger partial charge on any atom is 0.173 e. The summed E-state index contributed by atoms with van der Waals surface area (Å²) in [6, 6.07) is 6.89. The van der Waals surface area contributed by atoms with E-state index in [2.05, 4.69) is 15.9 Å². The fraction of sp³-hybridized carbons (Fsp3) is 0.0714. The maximum absolute atomic E-state index is 13.4. The van der Waals surface area contributed by atoms with Crippen LogP contribution < -0.4 is 0 Å². The van der Waals surface area contributed by atoms with E-state index in [1.807, 2.05) is 0 Å². The SMILES string of the molecule is O=C(Cc1ccc(Cl)cc1Cl)c1ccc(F)c(F)c1Br. The van der Waals surface area contributed by atoms with E-state index in [-0.39, 0.29) is 22.2 Å². The Labute approximate surface area is 132 Å². The van der Waals surface area contributed by atoms with Gasteiger partial charge in [-0.05, 0) is 45.8 Å². The van der Waals surface area contributed by atoms with Crippen molar-refractivity contribution in [2.75, 3.05) is 0 Å². The molecule has 2 aromatic rings. The quantitative estimate of drug-likeness (QED) is 0.511. The largest absolute Gasteiger partial charge is 0.294 e. The molecule has 0 N–H and O–H groups in total.